The first-order valence-corrected chi connectivity index (χ1v) is 13.0. The molecule has 0 aromatic rings. The lowest BCUT2D eigenvalue weighted by atomic mass is 9.84. The number of nitrogens with zero attached hydrogens (tertiary/aromatic N) is 1. The summed E-state index contributed by atoms with van der Waals surface area (Å²) in [5.41, 5.74) is 11.6. The number of piperidine rings is 1. The minimum atomic E-state index is -1.58. The van der Waals surface area contributed by atoms with E-state index in [1.54, 1.807) is 4.90 Å². The standard InChI is InChI=1S/C24H41N5O6.ClH/c25-17(12-14-6-2-1-3-7-14)23(33)29-16-10-9-15(13-16)19(29)22(32)28-18(20(30)21(26)31)8-4-5-11-27-24(34)35;/h14-20,27,30H,1-13,25H2,(H2,26,31)(H,28,32)(H,34,35);1H/t15?,16?,17-,18?,19+,20?;/m1./s1. The van der Waals surface area contributed by atoms with Crippen molar-refractivity contribution < 1.29 is 29.4 Å². The molecule has 8 N–H and O–H groups in total. The molecular weight excluding hydrogens is 490 g/mol. The maximum absolute atomic E-state index is 13.4. The summed E-state index contributed by atoms with van der Waals surface area (Å²) in [7, 11) is 0. The molecule has 0 spiro atoms. The maximum Gasteiger partial charge on any atom is 0.404 e. The second-order valence-electron chi connectivity index (χ2n) is 10.5. The number of aliphatic hydroxyl groups is 1. The van der Waals surface area contributed by atoms with Gasteiger partial charge in [0.2, 0.25) is 17.7 Å². The molecule has 0 aromatic heterocycles. The molecule has 1 heterocycles. The number of rotatable bonds is 12. The van der Waals surface area contributed by atoms with Gasteiger partial charge in [-0.2, -0.15) is 0 Å². The molecule has 206 valence electrons. The van der Waals surface area contributed by atoms with Gasteiger partial charge in [0.1, 0.15) is 6.04 Å². The van der Waals surface area contributed by atoms with Crippen LogP contribution in [-0.4, -0.2) is 75.7 Å². The number of nitrogens with two attached hydrogens (primary N) is 2. The molecule has 0 radical (unpaired) electrons. The first kappa shape index (κ1) is 30.1. The molecule has 4 amide bonds. The van der Waals surface area contributed by atoms with E-state index >= 15 is 0 Å². The minimum absolute atomic E-state index is 0. The van der Waals surface area contributed by atoms with Crippen LogP contribution in [0.15, 0.2) is 0 Å². The Hall–Kier alpha value is -2.11. The Labute approximate surface area is 218 Å². The molecular formula is C24H42ClN5O6. The van der Waals surface area contributed by atoms with Crippen molar-refractivity contribution in [2.45, 2.75) is 107 Å². The average molecular weight is 532 g/mol. The highest BCUT2D eigenvalue weighted by Crippen LogP contribution is 2.43. The van der Waals surface area contributed by atoms with E-state index in [-0.39, 0.29) is 43.2 Å². The number of primary amides is 1. The van der Waals surface area contributed by atoms with Crippen LogP contribution in [0.5, 0.6) is 0 Å². The second-order valence-corrected chi connectivity index (χ2v) is 10.5. The summed E-state index contributed by atoms with van der Waals surface area (Å²) in [4.78, 5) is 50.7. The number of nitrogens with one attached hydrogen (secondary N) is 2. The monoisotopic (exact) mass is 531 g/mol. The number of hydrogen-bond acceptors (Lipinski definition) is 6. The first-order chi connectivity index (χ1) is 16.7. The minimum Gasteiger partial charge on any atom is -0.465 e. The van der Waals surface area contributed by atoms with Crippen molar-refractivity contribution in [1.29, 1.82) is 0 Å². The number of fused-ring (bicyclic) bond motifs is 2. The molecule has 3 rings (SSSR count). The summed E-state index contributed by atoms with van der Waals surface area (Å²) < 4.78 is 0. The lowest BCUT2D eigenvalue weighted by molar-refractivity contribution is -0.145. The van der Waals surface area contributed by atoms with Crippen LogP contribution in [0.4, 0.5) is 4.79 Å². The Kier molecular flexibility index (Phi) is 11.7. The predicted molar refractivity (Wildman–Crippen MR) is 135 cm³/mol. The highest BCUT2D eigenvalue weighted by Gasteiger charge is 2.52. The van der Waals surface area contributed by atoms with Crippen LogP contribution >= 0.6 is 12.4 Å². The summed E-state index contributed by atoms with van der Waals surface area (Å²) in [6, 6.07) is -2.24. The van der Waals surface area contributed by atoms with Gasteiger partial charge >= 0.3 is 6.09 Å². The van der Waals surface area contributed by atoms with Gasteiger partial charge in [0, 0.05) is 12.6 Å². The lowest BCUT2D eigenvalue weighted by Gasteiger charge is -2.37. The zero-order valence-electron chi connectivity index (χ0n) is 20.8. The van der Waals surface area contributed by atoms with Gasteiger partial charge in [-0.15, -0.1) is 12.4 Å². The summed E-state index contributed by atoms with van der Waals surface area (Å²) in [6.45, 7) is 0.218. The Bertz CT molecular complexity index is 780. The summed E-state index contributed by atoms with van der Waals surface area (Å²) in [5, 5.41) is 24.0. The van der Waals surface area contributed by atoms with Crippen molar-refractivity contribution >= 4 is 36.2 Å². The van der Waals surface area contributed by atoms with Gasteiger partial charge in [-0.05, 0) is 56.8 Å². The second kappa shape index (κ2) is 14.0. The van der Waals surface area contributed by atoms with Gasteiger partial charge in [-0.25, -0.2) is 4.79 Å². The van der Waals surface area contributed by atoms with Crippen LogP contribution < -0.4 is 22.1 Å². The van der Waals surface area contributed by atoms with Gasteiger partial charge in [-0.3, -0.25) is 14.4 Å². The lowest BCUT2D eigenvalue weighted by Crippen LogP contribution is -2.59. The van der Waals surface area contributed by atoms with Crippen molar-refractivity contribution in [1.82, 2.24) is 15.5 Å². The normalized spacial score (nSPS) is 25.9. The van der Waals surface area contributed by atoms with Gasteiger partial charge < -0.3 is 37.2 Å². The maximum atomic E-state index is 13.4. The van der Waals surface area contributed by atoms with E-state index in [2.05, 4.69) is 10.6 Å². The number of aliphatic hydroxyl groups excluding tert-OH is 1. The molecule has 3 aliphatic rings. The topological polar surface area (TPSA) is 188 Å². The summed E-state index contributed by atoms with van der Waals surface area (Å²) in [5.74, 6) is -1.06. The molecule has 2 bridgehead atoms. The number of likely N-dealkylation sites (tertiary alicyclic amines) is 1. The molecule has 4 unspecified atom stereocenters. The van der Waals surface area contributed by atoms with Crippen LogP contribution in [0.25, 0.3) is 0 Å². The van der Waals surface area contributed by atoms with Crippen molar-refractivity contribution in [2.75, 3.05) is 6.54 Å². The van der Waals surface area contributed by atoms with E-state index in [0.29, 0.717) is 25.2 Å². The predicted octanol–water partition coefficient (Wildman–Crippen LogP) is 0.854. The Morgan fingerprint density at radius 1 is 1.03 bits per heavy atom. The zero-order valence-corrected chi connectivity index (χ0v) is 21.6. The van der Waals surface area contributed by atoms with Crippen molar-refractivity contribution in [3.63, 3.8) is 0 Å². The van der Waals surface area contributed by atoms with E-state index in [0.717, 1.165) is 32.1 Å². The molecule has 3 fully saturated rings. The summed E-state index contributed by atoms with van der Waals surface area (Å²) >= 11 is 0. The number of carbonyl (C=O) groups excluding carboxylic acids is 3. The van der Waals surface area contributed by atoms with Crippen LogP contribution in [0.3, 0.4) is 0 Å². The van der Waals surface area contributed by atoms with E-state index in [4.69, 9.17) is 16.6 Å². The van der Waals surface area contributed by atoms with Crippen LogP contribution in [0, 0.1) is 11.8 Å². The smallest absolute Gasteiger partial charge is 0.404 e. The van der Waals surface area contributed by atoms with Crippen LogP contribution in [0.1, 0.15) is 77.0 Å². The van der Waals surface area contributed by atoms with E-state index < -0.39 is 42.1 Å². The van der Waals surface area contributed by atoms with Gasteiger partial charge in [0.05, 0.1) is 12.1 Å². The fraction of sp³-hybridized carbons (Fsp3) is 0.833. The number of carbonyl (C=O) groups is 4. The quantitative estimate of drug-likeness (QED) is 0.201. The molecule has 2 aliphatic carbocycles. The molecule has 36 heavy (non-hydrogen) atoms. The number of halogens is 1. The first-order valence-electron chi connectivity index (χ1n) is 13.0. The van der Waals surface area contributed by atoms with Crippen LogP contribution in [0.2, 0.25) is 0 Å². The molecule has 11 nitrogen and oxygen atoms in total. The average Bonchev–Trinajstić information content (AvgIpc) is 3.44. The third-order valence-corrected chi connectivity index (χ3v) is 7.96. The zero-order chi connectivity index (χ0) is 25.5. The van der Waals surface area contributed by atoms with Crippen molar-refractivity contribution in [3.8, 4) is 0 Å². The third-order valence-electron chi connectivity index (χ3n) is 7.96. The number of hydrogen-bond donors (Lipinski definition) is 6. The number of carboxylic acid groups (broad SMARTS) is 1. The molecule has 1 aliphatic heterocycles. The number of unbranched alkanes of at least 4 members (excludes halogenated alkanes) is 1. The van der Waals surface area contributed by atoms with Gasteiger partial charge in [0.15, 0.2) is 6.10 Å². The highest BCUT2D eigenvalue weighted by atomic mass is 35.5. The molecule has 6 atom stereocenters. The van der Waals surface area contributed by atoms with E-state index in [1.807, 2.05) is 0 Å². The van der Waals surface area contributed by atoms with Crippen molar-refractivity contribution in [3.05, 3.63) is 0 Å². The SMILES string of the molecule is Cl.NC(=O)C(O)C(CCCCNC(=O)O)NC(=O)[C@@H]1C2CCC(C2)N1C(=O)[C@H](N)CC1CCCCC1. The van der Waals surface area contributed by atoms with Crippen molar-refractivity contribution in [2.24, 2.45) is 23.3 Å². The largest absolute Gasteiger partial charge is 0.465 e. The Morgan fingerprint density at radius 3 is 2.36 bits per heavy atom. The molecule has 2 saturated carbocycles. The fourth-order valence-electron chi connectivity index (χ4n) is 6.18. The third kappa shape index (κ3) is 7.69. The Balaban J connectivity index is 0.00000456. The molecule has 1 saturated heterocycles. The highest BCUT2D eigenvalue weighted by molar-refractivity contribution is 5.92. The van der Waals surface area contributed by atoms with Crippen LogP contribution in [-0.2, 0) is 14.4 Å². The van der Waals surface area contributed by atoms with Gasteiger partial charge in [0.25, 0.3) is 0 Å². The number of amides is 4. The van der Waals surface area contributed by atoms with E-state index in [1.165, 1.54) is 19.3 Å². The van der Waals surface area contributed by atoms with Gasteiger partial charge in [-0.1, -0.05) is 32.1 Å². The molecule has 0 aromatic carbocycles. The fourth-order valence-corrected chi connectivity index (χ4v) is 6.18. The molecule has 12 heteroatoms. The van der Waals surface area contributed by atoms with E-state index in [9.17, 15) is 24.3 Å². The Morgan fingerprint density at radius 2 is 1.72 bits per heavy atom. The summed E-state index contributed by atoms with van der Waals surface area (Å²) in [6.07, 6.45) is 7.28.